The van der Waals surface area contributed by atoms with Gasteiger partial charge in [0.15, 0.2) is 0 Å². The topological polar surface area (TPSA) is 24.0 Å². The van der Waals surface area contributed by atoms with E-state index in [2.05, 4.69) is 335 Å². The standard InChI is InChI=1S/C36H37N.C30H25NO.C30H25N/c1-5-9-10-28(8-4)25-37-35-21-19-31(29-15-11-26(6-2)12-16-29)23-33(35)34-24-32(20-22-36(34)37)30-17-13-27(7-3)14-18-30;1-3-22-9-13-24(14-10-22)20-31-29-8-6-5-7-27(29)28-18-17-26(19-30(28)31)32-21-25-15-11-23(4-2)12-16-25;1-4-21-7-11-23(12-8-21)25-15-17-29-27(19-25)28-20-26(16-18-30(28)31(29)6-3)24-13-9-22(5-2)10-14-24/h6-7,11-24,28H,2-3,5,8-10,25H2,1,4H3;3-19H,1-2,20-21H2;4-5,7-20H,1-2,6H2,3H3. The fourth-order valence-corrected chi connectivity index (χ4v) is 14.0. The van der Waals surface area contributed by atoms with Gasteiger partial charge in [0.05, 0.1) is 5.52 Å². The Morgan fingerprint density at radius 3 is 1.05 bits per heavy atom. The molecule has 15 aromatic rings. The van der Waals surface area contributed by atoms with Crippen molar-refractivity contribution in [3.05, 3.63) is 345 Å². The first-order chi connectivity index (χ1) is 49.1. The summed E-state index contributed by atoms with van der Waals surface area (Å²) in [6.07, 6.45) is 16.3. The zero-order valence-corrected chi connectivity index (χ0v) is 58.0. The van der Waals surface area contributed by atoms with E-state index in [-0.39, 0.29) is 0 Å². The number of hydrogen-bond donors (Lipinski definition) is 0. The van der Waals surface area contributed by atoms with E-state index < -0.39 is 0 Å². The van der Waals surface area contributed by atoms with Crippen LogP contribution in [0.1, 0.15) is 91.0 Å². The molecule has 0 aliphatic heterocycles. The Morgan fingerprint density at radius 2 is 0.670 bits per heavy atom. The quantitative estimate of drug-likeness (QED) is 0.0663. The summed E-state index contributed by atoms with van der Waals surface area (Å²) >= 11 is 0. The molecule has 12 aromatic carbocycles. The van der Waals surface area contributed by atoms with Crippen molar-refractivity contribution in [2.75, 3.05) is 0 Å². The van der Waals surface area contributed by atoms with Gasteiger partial charge in [0.2, 0.25) is 0 Å². The molecule has 0 aliphatic carbocycles. The summed E-state index contributed by atoms with van der Waals surface area (Å²) in [5.41, 5.74) is 26.7. The summed E-state index contributed by atoms with van der Waals surface area (Å²) in [5.74, 6) is 1.56. The molecule has 3 heterocycles. The van der Waals surface area contributed by atoms with E-state index in [0.29, 0.717) is 12.5 Å². The van der Waals surface area contributed by atoms with Crippen LogP contribution in [-0.4, -0.2) is 13.7 Å². The summed E-state index contributed by atoms with van der Waals surface area (Å²) in [5, 5.41) is 7.76. The Morgan fingerprint density at radius 1 is 0.320 bits per heavy atom. The summed E-state index contributed by atoms with van der Waals surface area (Å²) in [6, 6.07) is 93.9. The van der Waals surface area contributed by atoms with Crippen LogP contribution in [0.5, 0.6) is 5.75 Å². The second-order valence-corrected chi connectivity index (χ2v) is 26.0. The zero-order chi connectivity index (χ0) is 69.1. The van der Waals surface area contributed by atoms with Crippen molar-refractivity contribution in [2.45, 2.75) is 72.7 Å². The van der Waals surface area contributed by atoms with Crippen LogP contribution in [0, 0.1) is 5.92 Å². The number of nitrogens with zero attached hydrogens (tertiary/aromatic N) is 3. The Labute approximate surface area is 590 Å². The SMILES string of the molecule is C=Cc1ccc(-c2ccc3c(c2)c2cc(-c4ccc(C=C)cc4)ccc2n3CC(CC)CCCC)cc1.C=Cc1ccc(-c2ccc3c(c2)c2cc(-c4ccc(C=C)cc4)ccc2n3CC)cc1.C=Cc1ccc(COc2ccc3c4ccccc4n(Cc4ccc(C=C)cc4)c3c2)cc1. The van der Waals surface area contributed by atoms with Gasteiger partial charge in [0.1, 0.15) is 12.4 Å². The van der Waals surface area contributed by atoms with Crippen molar-refractivity contribution in [3.8, 4) is 50.3 Å². The molecule has 0 aliphatic rings. The van der Waals surface area contributed by atoms with E-state index in [1.54, 1.807) is 0 Å². The van der Waals surface area contributed by atoms with E-state index in [0.717, 1.165) is 64.3 Å². The van der Waals surface area contributed by atoms with Gasteiger partial charge < -0.3 is 18.4 Å². The van der Waals surface area contributed by atoms with Gasteiger partial charge in [-0.25, -0.2) is 0 Å². The first-order valence-corrected chi connectivity index (χ1v) is 35.2. The molecule has 3 aromatic heterocycles. The zero-order valence-electron chi connectivity index (χ0n) is 58.0. The highest BCUT2D eigenvalue weighted by molar-refractivity contribution is 6.12. The van der Waals surface area contributed by atoms with E-state index in [1.807, 2.05) is 36.5 Å². The van der Waals surface area contributed by atoms with Crippen LogP contribution in [0.15, 0.2) is 300 Å². The van der Waals surface area contributed by atoms with Crippen LogP contribution >= 0.6 is 0 Å². The van der Waals surface area contributed by atoms with Gasteiger partial charge in [-0.15, -0.1) is 0 Å². The maximum absolute atomic E-state index is 6.15. The number of ether oxygens (including phenoxy) is 1. The molecular weight excluding hydrogens is 1210 g/mol. The molecular formula is C96H87N3O. The highest BCUT2D eigenvalue weighted by Gasteiger charge is 2.19. The number of rotatable bonds is 22. The number of benzene rings is 12. The molecule has 0 bridgehead atoms. The van der Waals surface area contributed by atoms with Crippen molar-refractivity contribution < 1.29 is 4.74 Å². The van der Waals surface area contributed by atoms with Crippen molar-refractivity contribution in [3.63, 3.8) is 0 Å². The monoisotopic (exact) mass is 1300 g/mol. The molecule has 1 unspecified atom stereocenters. The fraction of sp³-hybridized carbons (Fsp3) is 0.125. The number of aryl methyl sites for hydroxylation is 1. The van der Waals surface area contributed by atoms with Crippen molar-refractivity contribution in [1.29, 1.82) is 0 Å². The number of para-hydroxylation sites is 1. The van der Waals surface area contributed by atoms with E-state index in [9.17, 15) is 0 Å². The first-order valence-electron chi connectivity index (χ1n) is 35.2. The highest BCUT2D eigenvalue weighted by Crippen LogP contribution is 2.40. The Balaban J connectivity index is 0.000000135. The molecule has 0 saturated heterocycles. The number of hydrogen-bond acceptors (Lipinski definition) is 1. The van der Waals surface area contributed by atoms with E-state index in [1.165, 1.54) is 141 Å². The van der Waals surface area contributed by atoms with E-state index in [4.69, 9.17) is 4.74 Å². The lowest BCUT2D eigenvalue weighted by molar-refractivity contribution is 0.306. The molecule has 492 valence electrons. The minimum Gasteiger partial charge on any atom is -0.489 e. The lowest BCUT2D eigenvalue weighted by Gasteiger charge is -2.17. The predicted octanol–water partition coefficient (Wildman–Crippen LogP) is 26.8. The Hall–Kier alpha value is -11.7. The van der Waals surface area contributed by atoms with Gasteiger partial charge in [-0.1, -0.05) is 297 Å². The summed E-state index contributed by atoms with van der Waals surface area (Å²) in [4.78, 5) is 0. The largest absolute Gasteiger partial charge is 0.489 e. The van der Waals surface area contributed by atoms with Crippen molar-refractivity contribution in [2.24, 2.45) is 5.92 Å². The Bertz CT molecular complexity index is 5220. The van der Waals surface area contributed by atoms with Crippen molar-refractivity contribution >= 4 is 102 Å². The first kappa shape index (κ1) is 66.9. The molecule has 0 N–H and O–H groups in total. The van der Waals surface area contributed by atoms with Crippen LogP contribution in [0.4, 0.5) is 0 Å². The fourth-order valence-electron chi connectivity index (χ4n) is 14.0. The average molecular weight is 1300 g/mol. The van der Waals surface area contributed by atoms with Crippen LogP contribution in [0.2, 0.25) is 0 Å². The minimum atomic E-state index is 0.534. The molecule has 0 amide bonds. The van der Waals surface area contributed by atoms with Gasteiger partial charge in [0.25, 0.3) is 0 Å². The van der Waals surface area contributed by atoms with Crippen LogP contribution in [-0.2, 0) is 26.2 Å². The van der Waals surface area contributed by atoms with Gasteiger partial charge in [-0.3, -0.25) is 0 Å². The predicted molar refractivity (Wildman–Crippen MR) is 436 cm³/mol. The van der Waals surface area contributed by atoms with Gasteiger partial charge in [0, 0.05) is 85.6 Å². The van der Waals surface area contributed by atoms with Gasteiger partial charge in [-0.05, 0) is 175 Å². The molecule has 1 atom stereocenters. The molecule has 4 heteroatoms. The molecule has 0 saturated carbocycles. The van der Waals surface area contributed by atoms with E-state index >= 15 is 0 Å². The van der Waals surface area contributed by atoms with Crippen LogP contribution < -0.4 is 4.74 Å². The third-order valence-electron chi connectivity index (χ3n) is 19.9. The summed E-state index contributed by atoms with van der Waals surface area (Å²) in [7, 11) is 0. The highest BCUT2D eigenvalue weighted by atomic mass is 16.5. The van der Waals surface area contributed by atoms with Crippen LogP contribution in [0.25, 0.3) is 146 Å². The number of aromatic nitrogens is 3. The molecule has 0 fully saturated rings. The number of unbranched alkanes of at least 4 members (excludes halogenated alkanes) is 1. The lowest BCUT2D eigenvalue weighted by Crippen LogP contribution is -2.10. The molecule has 0 spiro atoms. The average Bonchev–Trinajstić information content (AvgIpc) is 1.61. The minimum absolute atomic E-state index is 0.534. The molecule has 4 nitrogen and oxygen atoms in total. The maximum Gasteiger partial charge on any atom is 0.121 e. The molecule has 0 radical (unpaired) electrons. The third kappa shape index (κ3) is 14.3. The van der Waals surface area contributed by atoms with Crippen molar-refractivity contribution in [1.82, 2.24) is 13.7 Å². The smallest absolute Gasteiger partial charge is 0.121 e. The second-order valence-electron chi connectivity index (χ2n) is 26.0. The Kier molecular flexibility index (Phi) is 20.6. The summed E-state index contributed by atoms with van der Waals surface area (Å²) < 4.78 is 13.5. The molecule has 15 rings (SSSR count). The van der Waals surface area contributed by atoms with Gasteiger partial charge >= 0.3 is 0 Å². The maximum atomic E-state index is 6.15. The second kappa shape index (κ2) is 30.8. The van der Waals surface area contributed by atoms with Crippen LogP contribution in [0.3, 0.4) is 0 Å². The summed E-state index contributed by atoms with van der Waals surface area (Å²) in [6.45, 7) is 33.3. The normalized spacial score (nSPS) is 11.5. The number of fused-ring (bicyclic) bond motifs is 9. The third-order valence-corrected chi connectivity index (χ3v) is 19.9. The molecule has 100 heavy (non-hydrogen) atoms. The lowest BCUT2D eigenvalue weighted by atomic mass is 9.99. The van der Waals surface area contributed by atoms with Gasteiger partial charge in [-0.2, -0.15) is 0 Å².